The second-order valence-electron chi connectivity index (χ2n) is 5.29. The van der Waals surface area contributed by atoms with Gasteiger partial charge in [0.2, 0.25) is 5.95 Å². The lowest BCUT2D eigenvalue weighted by molar-refractivity contribution is 0.0297. The highest BCUT2D eigenvalue weighted by Gasteiger charge is 2.25. The summed E-state index contributed by atoms with van der Waals surface area (Å²) in [7, 11) is 0. The average molecular weight is 272 g/mol. The molecule has 7 nitrogen and oxygen atoms in total. The van der Waals surface area contributed by atoms with E-state index in [0.29, 0.717) is 17.5 Å². The van der Waals surface area contributed by atoms with Crippen LogP contribution in [0.2, 0.25) is 0 Å². The fourth-order valence-corrected chi connectivity index (χ4v) is 2.36. The molecule has 0 spiro atoms. The van der Waals surface area contributed by atoms with Crippen molar-refractivity contribution < 1.29 is 4.74 Å². The standard InChI is InChI=1S/C13H16N6O/c1-7-2-5-9(20-7)19-6-15-10-11(16-8-3-4-8)17-13(14)18-12(10)19/h2,5-9H,3-4H2,1H3,(H3,14,16,17,18). The Bertz CT molecular complexity index is 689. The zero-order valence-electron chi connectivity index (χ0n) is 11.2. The number of rotatable bonds is 3. The lowest BCUT2D eigenvalue weighted by atomic mass is 10.4. The fourth-order valence-electron chi connectivity index (χ4n) is 2.36. The van der Waals surface area contributed by atoms with Gasteiger partial charge in [-0.05, 0) is 25.8 Å². The van der Waals surface area contributed by atoms with Gasteiger partial charge < -0.3 is 15.8 Å². The molecule has 2 aromatic rings. The van der Waals surface area contributed by atoms with Gasteiger partial charge in [-0.2, -0.15) is 9.97 Å². The maximum absolute atomic E-state index is 5.81. The smallest absolute Gasteiger partial charge is 0.224 e. The first kappa shape index (κ1) is 11.7. The minimum atomic E-state index is -0.182. The molecule has 0 bridgehead atoms. The Morgan fingerprint density at radius 2 is 2.20 bits per heavy atom. The molecule has 1 aliphatic carbocycles. The van der Waals surface area contributed by atoms with E-state index in [0.717, 1.165) is 18.4 Å². The van der Waals surface area contributed by atoms with Gasteiger partial charge in [0.25, 0.3) is 0 Å². The van der Waals surface area contributed by atoms with Crippen LogP contribution in [0.15, 0.2) is 18.5 Å². The lowest BCUT2D eigenvalue weighted by Crippen LogP contribution is -2.11. The molecular weight excluding hydrogens is 256 g/mol. The van der Waals surface area contributed by atoms with Crippen LogP contribution in [0.1, 0.15) is 26.0 Å². The van der Waals surface area contributed by atoms with E-state index < -0.39 is 0 Å². The van der Waals surface area contributed by atoms with Gasteiger partial charge in [0.1, 0.15) is 0 Å². The van der Waals surface area contributed by atoms with Crippen molar-refractivity contribution in [1.82, 2.24) is 19.5 Å². The Morgan fingerprint density at radius 3 is 2.90 bits per heavy atom. The molecule has 2 aliphatic rings. The maximum Gasteiger partial charge on any atom is 0.224 e. The van der Waals surface area contributed by atoms with Gasteiger partial charge in [-0.15, -0.1) is 0 Å². The van der Waals surface area contributed by atoms with Crippen LogP contribution in [0.5, 0.6) is 0 Å². The minimum absolute atomic E-state index is 0.0979. The van der Waals surface area contributed by atoms with Crippen LogP contribution >= 0.6 is 0 Å². The maximum atomic E-state index is 5.81. The summed E-state index contributed by atoms with van der Waals surface area (Å²) in [5.41, 5.74) is 7.25. The number of fused-ring (bicyclic) bond motifs is 1. The van der Waals surface area contributed by atoms with Crippen molar-refractivity contribution >= 4 is 22.9 Å². The molecule has 7 heteroatoms. The van der Waals surface area contributed by atoms with E-state index in [2.05, 4.69) is 20.3 Å². The van der Waals surface area contributed by atoms with Crippen molar-refractivity contribution in [3.05, 3.63) is 18.5 Å². The van der Waals surface area contributed by atoms with E-state index in [-0.39, 0.29) is 18.3 Å². The van der Waals surface area contributed by atoms with Gasteiger partial charge in [-0.3, -0.25) is 4.57 Å². The van der Waals surface area contributed by atoms with Crippen LogP contribution in [-0.2, 0) is 4.74 Å². The summed E-state index contributed by atoms with van der Waals surface area (Å²) < 4.78 is 7.66. The number of anilines is 2. The normalized spacial score (nSPS) is 25.4. The van der Waals surface area contributed by atoms with Crippen molar-refractivity contribution in [2.75, 3.05) is 11.1 Å². The number of aromatic nitrogens is 4. The molecule has 0 amide bonds. The first-order chi connectivity index (χ1) is 9.70. The first-order valence-electron chi connectivity index (χ1n) is 6.81. The molecule has 2 unspecified atom stereocenters. The number of hydrogen-bond donors (Lipinski definition) is 2. The molecule has 2 aromatic heterocycles. The van der Waals surface area contributed by atoms with Crippen molar-refractivity contribution in [3.63, 3.8) is 0 Å². The SMILES string of the molecule is CC1C=CC(n2cnc3c(NC4CC4)nc(N)nc32)O1. The molecule has 1 aliphatic heterocycles. The molecule has 1 fully saturated rings. The zero-order chi connectivity index (χ0) is 13.7. The molecule has 4 rings (SSSR count). The molecule has 20 heavy (non-hydrogen) atoms. The van der Waals surface area contributed by atoms with Crippen LogP contribution in [0, 0.1) is 0 Å². The number of imidazole rings is 1. The third kappa shape index (κ3) is 1.90. The van der Waals surface area contributed by atoms with Gasteiger partial charge in [-0.1, -0.05) is 6.08 Å². The molecule has 104 valence electrons. The largest absolute Gasteiger partial charge is 0.368 e. The second-order valence-corrected chi connectivity index (χ2v) is 5.29. The van der Waals surface area contributed by atoms with Gasteiger partial charge in [0, 0.05) is 6.04 Å². The van der Waals surface area contributed by atoms with E-state index >= 15 is 0 Å². The van der Waals surface area contributed by atoms with E-state index in [4.69, 9.17) is 10.5 Å². The highest BCUT2D eigenvalue weighted by Crippen LogP contribution is 2.30. The topological polar surface area (TPSA) is 90.9 Å². The quantitative estimate of drug-likeness (QED) is 0.822. The summed E-state index contributed by atoms with van der Waals surface area (Å²) in [5, 5.41) is 3.35. The number of nitrogens with two attached hydrogens (primary N) is 1. The monoisotopic (exact) mass is 272 g/mol. The third-order valence-electron chi connectivity index (χ3n) is 3.53. The summed E-state index contributed by atoms with van der Waals surface area (Å²) in [4.78, 5) is 13.0. The summed E-state index contributed by atoms with van der Waals surface area (Å²) in [5.74, 6) is 0.959. The predicted octanol–water partition coefficient (Wildman–Crippen LogP) is 1.46. The first-order valence-corrected chi connectivity index (χ1v) is 6.81. The molecule has 2 atom stereocenters. The van der Waals surface area contributed by atoms with Crippen LogP contribution in [-0.4, -0.2) is 31.7 Å². The highest BCUT2D eigenvalue weighted by atomic mass is 16.5. The van der Waals surface area contributed by atoms with Crippen molar-refractivity contribution in [2.24, 2.45) is 0 Å². The number of hydrogen-bond acceptors (Lipinski definition) is 6. The van der Waals surface area contributed by atoms with Gasteiger partial charge in [0.05, 0.1) is 12.4 Å². The van der Waals surface area contributed by atoms with Crippen molar-refractivity contribution in [1.29, 1.82) is 0 Å². The van der Waals surface area contributed by atoms with Gasteiger partial charge >= 0.3 is 0 Å². The second kappa shape index (κ2) is 4.17. The van der Waals surface area contributed by atoms with Crippen LogP contribution in [0.25, 0.3) is 11.2 Å². The number of nitrogens with one attached hydrogen (secondary N) is 1. The Labute approximate surface area is 115 Å². The molecule has 0 aromatic carbocycles. The molecule has 1 saturated carbocycles. The molecule has 3 heterocycles. The number of nitrogen functional groups attached to an aromatic ring is 1. The van der Waals surface area contributed by atoms with E-state index in [1.165, 1.54) is 0 Å². The third-order valence-corrected chi connectivity index (χ3v) is 3.53. The van der Waals surface area contributed by atoms with E-state index in [9.17, 15) is 0 Å². The Kier molecular flexibility index (Phi) is 2.43. The Balaban J connectivity index is 1.79. The minimum Gasteiger partial charge on any atom is -0.368 e. The van der Waals surface area contributed by atoms with E-state index in [1.807, 2.05) is 23.6 Å². The summed E-state index contributed by atoms with van der Waals surface area (Å²) in [6, 6.07) is 0.486. The van der Waals surface area contributed by atoms with Crippen LogP contribution in [0.3, 0.4) is 0 Å². The van der Waals surface area contributed by atoms with Crippen LogP contribution < -0.4 is 11.1 Å². The Hall–Kier alpha value is -2.15. The summed E-state index contributed by atoms with van der Waals surface area (Å²) in [6.45, 7) is 2.00. The molecular formula is C13H16N6O. The van der Waals surface area contributed by atoms with Gasteiger partial charge in [-0.25, -0.2) is 4.98 Å². The molecule has 3 N–H and O–H groups in total. The molecule has 0 radical (unpaired) electrons. The fraction of sp³-hybridized carbons (Fsp3) is 0.462. The number of ether oxygens (including phenoxy) is 1. The molecule has 0 saturated heterocycles. The number of nitrogens with zero attached hydrogens (tertiary/aromatic N) is 4. The Morgan fingerprint density at radius 1 is 1.35 bits per heavy atom. The van der Waals surface area contributed by atoms with Crippen LogP contribution in [0.4, 0.5) is 11.8 Å². The van der Waals surface area contributed by atoms with Crippen molar-refractivity contribution in [2.45, 2.75) is 38.1 Å². The van der Waals surface area contributed by atoms with Crippen molar-refractivity contribution in [3.8, 4) is 0 Å². The zero-order valence-corrected chi connectivity index (χ0v) is 11.2. The van der Waals surface area contributed by atoms with E-state index in [1.54, 1.807) is 6.33 Å². The highest BCUT2D eigenvalue weighted by molar-refractivity contribution is 5.84. The summed E-state index contributed by atoms with van der Waals surface area (Å²) in [6.07, 6.45) is 7.99. The average Bonchev–Trinajstić information content (AvgIpc) is 2.95. The van der Waals surface area contributed by atoms with Gasteiger partial charge in [0.15, 0.2) is 23.2 Å². The predicted molar refractivity (Wildman–Crippen MR) is 75.1 cm³/mol. The summed E-state index contributed by atoms with van der Waals surface area (Å²) >= 11 is 0. The lowest BCUT2D eigenvalue weighted by Gasteiger charge is -2.13.